The molecule has 1 aromatic carbocycles. The summed E-state index contributed by atoms with van der Waals surface area (Å²) in [6, 6.07) is 1.33. The Balaban J connectivity index is 3.49. The van der Waals surface area contributed by atoms with E-state index >= 15 is 0 Å². The van der Waals surface area contributed by atoms with Crippen LogP contribution in [0.4, 0.5) is 23.2 Å². The number of nitrogen functional groups attached to an aromatic ring is 1. The first kappa shape index (κ1) is 11.6. The third-order valence-corrected chi connectivity index (χ3v) is 1.90. The molecule has 0 aliphatic heterocycles. The standard InChI is InChI=1S/C10H9F4N/c1-5(2)6-3-9(15)8(11)4-7(6)10(12,13)14/h3-4H,1,15H2,2H3. The largest absolute Gasteiger partial charge is 0.417 e. The number of anilines is 1. The second kappa shape index (κ2) is 3.56. The zero-order valence-electron chi connectivity index (χ0n) is 7.95. The predicted molar refractivity (Wildman–Crippen MR) is 50.5 cm³/mol. The predicted octanol–water partition coefficient (Wildman–Crippen LogP) is 3.46. The van der Waals surface area contributed by atoms with Crippen LogP contribution in [0.25, 0.3) is 5.57 Å². The number of hydrogen-bond acceptors (Lipinski definition) is 1. The summed E-state index contributed by atoms with van der Waals surface area (Å²) in [5, 5.41) is 0. The summed E-state index contributed by atoms with van der Waals surface area (Å²) in [6.07, 6.45) is -4.61. The van der Waals surface area contributed by atoms with Gasteiger partial charge in [-0.15, -0.1) is 0 Å². The van der Waals surface area contributed by atoms with E-state index in [1.54, 1.807) is 0 Å². The van der Waals surface area contributed by atoms with Crippen molar-refractivity contribution in [1.82, 2.24) is 0 Å². The van der Waals surface area contributed by atoms with Crippen LogP contribution in [0.1, 0.15) is 18.1 Å². The molecule has 0 amide bonds. The van der Waals surface area contributed by atoms with Crippen LogP contribution < -0.4 is 5.73 Å². The molecule has 0 bridgehead atoms. The summed E-state index contributed by atoms with van der Waals surface area (Å²) in [6.45, 7) is 4.80. The lowest BCUT2D eigenvalue weighted by Gasteiger charge is -2.13. The molecule has 0 aromatic heterocycles. The van der Waals surface area contributed by atoms with Crippen molar-refractivity contribution >= 4 is 11.3 Å². The molecule has 1 rings (SSSR count). The zero-order chi connectivity index (χ0) is 11.8. The molecular formula is C10H9F4N. The first-order chi connectivity index (χ1) is 6.73. The molecule has 0 atom stereocenters. The maximum atomic E-state index is 12.9. The Labute approximate surface area is 84.2 Å². The Hall–Kier alpha value is -1.52. The minimum absolute atomic E-state index is 0.179. The molecule has 1 nitrogen and oxygen atoms in total. The molecule has 0 saturated heterocycles. The van der Waals surface area contributed by atoms with Gasteiger partial charge in [0.15, 0.2) is 0 Å². The van der Waals surface area contributed by atoms with E-state index in [2.05, 4.69) is 6.58 Å². The van der Waals surface area contributed by atoms with Crippen LogP contribution in [0.5, 0.6) is 0 Å². The Bertz CT molecular complexity index is 407. The van der Waals surface area contributed by atoms with Crippen molar-refractivity contribution in [2.24, 2.45) is 0 Å². The Morgan fingerprint density at radius 2 is 1.87 bits per heavy atom. The van der Waals surface area contributed by atoms with Crippen LogP contribution in [-0.2, 0) is 6.18 Å². The monoisotopic (exact) mass is 219 g/mol. The molecule has 0 spiro atoms. The molecule has 15 heavy (non-hydrogen) atoms. The molecule has 0 radical (unpaired) electrons. The Morgan fingerprint density at radius 3 is 2.27 bits per heavy atom. The van der Waals surface area contributed by atoms with Crippen molar-refractivity contribution in [3.05, 3.63) is 35.7 Å². The van der Waals surface area contributed by atoms with Gasteiger partial charge in [-0.2, -0.15) is 13.2 Å². The van der Waals surface area contributed by atoms with Crippen LogP contribution in [0.3, 0.4) is 0 Å². The summed E-state index contributed by atoms with van der Waals surface area (Å²) in [7, 11) is 0. The number of allylic oxidation sites excluding steroid dienone is 1. The van der Waals surface area contributed by atoms with Crippen LogP contribution in [0.15, 0.2) is 18.7 Å². The Morgan fingerprint density at radius 1 is 1.33 bits per heavy atom. The number of benzene rings is 1. The molecule has 0 aliphatic rings. The Kier molecular flexibility index (Phi) is 2.75. The van der Waals surface area contributed by atoms with Gasteiger partial charge in [0.05, 0.1) is 11.3 Å². The van der Waals surface area contributed by atoms with E-state index < -0.39 is 17.6 Å². The second-order valence-corrected chi connectivity index (χ2v) is 3.20. The van der Waals surface area contributed by atoms with Gasteiger partial charge in [0.25, 0.3) is 0 Å². The number of halogens is 4. The van der Waals surface area contributed by atoms with Gasteiger partial charge in [-0.25, -0.2) is 4.39 Å². The maximum absolute atomic E-state index is 12.9. The van der Waals surface area contributed by atoms with Crippen LogP contribution >= 0.6 is 0 Å². The molecule has 0 aliphatic carbocycles. The lowest BCUT2D eigenvalue weighted by Crippen LogP contribution is -2.10. The highest BCUT2D eigenvalue weighted by molar-refractivity contribution is 5.68. The lowest BCUT2D eigenvalue weighted by atomic mass is 10.0. The SMILES string of the molecule is C=C(C)c1cc(N)c(F)cc1C(F)(F)F. The van der Waals surface area contributed by atoms with Gasteiger partial charge < -0.3 is 5.73 Å². The normalized spacial score (nSPS) is 11.5. The summed E-state index contributed by atoms with van der Waals surface area (Å²) in [4.78, 5) is 0. The summed E-state index contributed by atoms with van der Waals surface area (Å²) >= 11 is 0. The minimum atomic E-state index is -4.61. The fourth-order valence-corrected chi connectivity index (χ4v) is 1.18. The van der Waals surface area contributed by atoms with Gasteiger partial charge in [0, 0.05) is 0 Å². The first-order valence-electron chi connectivity index (χ1n) is 4.05. The van der Waals surface area contributed by atoms with Crippen LogP contribution in [-0.4, -0.2) is 0 Å². The molecule has 5 heteroatoms. The summed E-state index contributed by atoms with van der Waals surface area (Å²) < 4.78 is 50.3. The summed E-state index contributed by atoms with van der Waals surface area (Å²) in [5.41, 5.74) is 3.82. The molecule has 2 N–H and O–H groups in total. The summed E-state index contributed by atoms with van der Waals surface area (Å²) in [5.74, 6) is -1.08. The highest BCUT2D eigenvalue weighted by Gasteiger charge is 2.34. The van der Waals surface area contributed by atoms with Crippen LogP contribution in [0, 0.1) is 5.82 Å². The quantitative estimate of drug-likeness (QED) is 0.568. The molecule has 0 fully saturated rings. The van der Waals surface area contributed by atoms with Crippen LogP contribution in [0.2, 0.25) is 0 Å². The molecule has 0 heterocycles. The van der Waals surface area contributed by atoms with E-state index in [0.717, 1.165) is 6.07 Å². The van der Waals surface area contributed by atoms with E-state index in [9.17, 15) is 17.6 Å². The van der Waals surface area contributed by atoms with E-state index in [-0.39, 0.29) is 16.8 Å². The highest BCUT2D eigenvalue weighted by Crippen LogP contribution is 2.36. The van der Waals surface area contributed by atoms with E-state index in [0.29, 0.717) is 6.07 Å². The minimum Gasteiger partial charge on any atom is -0.396 e. The highest BCUT2D eigenvalue weighted by atomic mass is 19.4. The lowest BCUT2D eigenvalue weighted by molar-refractivity contribution is -0.137. The zero-order valence-corrected chi connectivity index (χ0v) is 7.95. The molecule has 0 unspecified atom stereocenters. The van der Waals surface area contributed by atoms with Gasteiger partial charge in [0.1, 0.15) is 5.82 Å². The van der Waals surface area contributed by atoms with E-state index in [4.69, 9.17) is 5.73 Å². The van der Waals surface area contributed by atoms with Gasteiger partial charge in [-0.1, -0.05) is 12.2 Å². The van der Waals surface area contributed by atoms with E-state index in [1.165, 1.54) is 6.92 Å². The number of nitrogens with two attached hydrogens (primary N) is 1. The van der Waals surface area contributed by atoms with E-state index in [1.807, 2.05) is 0 Å². The average Bonchev–Trinajstić information content (AvgIpc) is 2.06. The number of alkyl halides is 3. The fourth-order valence-electron chi connectivity index (χ4n) is 1.18. The second-order valence-electron chi connectivity index (χ2n) is 3.20. The van der Waals surface area contributed by atoms with Gasteiger partial charge >= 0.3 is 6.18 Å². The smallest absolute Gasteiger partial charge is 0.396 e. The number of rotatable bonds is 1. The average molecular weight is 219 g/mol. The third-order valence-electron chi connectivity index (χ3n) is 1.90. The van der Waals surface area contributed by atoms with Gasteiger partial charge in [-0.3, -0.25) is 0 Å². The van der Waals surface area contributed by atoms with Crippen molar-refractivity contribution in [3.63, 3.8) is 0 Å². The van der Waals surface area contributed by atoms with Crippen molar-refractivity contribution < 1.29 is 17.6 Å². The number of hydrogen-bond donors (Lipinski definition) is 1. The molecular weight excluding hydrogens is 210 g/mol. The topological polar surface area (TPSA) is 26.0 Å². The molecule has 82 valence electrons. The van der Waals surface area contributed by atoms with Crippen molar-refractivity contribution in [1.29, 1.82) is 0 Å². The maximum Gasteiger partial charge on any atom is 0.417 e. The van der Waals surface area contributed by atoms with Gasteiger partial charge in [-0.05, 0) is 24.6 Å². The van der Waals surface area contributed by atoms with Crippen molar-refractivity contribution in [2.75, 3.05) is 5.73 Å². The third kappa shape index (κ3) is 2.29. The van der Waals surface area contributed by atoms with Crippen molar-refractivity contribution in [3.8, 4) is 0 Å². The van der Waals surface area contributed by atoms with Gasteiger partial charge in [0.2, 0.25) is 0 Å². The molecule has 0 saturated carbocycles. The molecule has 1 aromatic rings. The van der Waals surface area contributed by atoms with Crippen molar-refractivity contribution in [2.45, 2.75) is 13.1 Å². The first-order valence-corrected chi connectivity index (χ1v) is 4.05. The fraction of sp³-hybridized carbons (Fsp3) is 0.200.